The van der Waals surface area contributed by atoms with Crippen LogP contribution in [0.3, 0.4) is 0 Å². The Hall–Kier alpha value is 1.69. The van der Waals surface area contributed by atoms with E-state index in [2.05, 4.69) is 78.6 Å². The molecule has 0 aromatic carbocycles. The Labute approximate surface area is 259 Å². The van der Waals surface area contributed by atoms with Gasteiger partial charge >= 0.3 is 0 Å². The Morgan fingerprint density at radius 2 is 0.556 bits per heavy atom. The van der Waals surface area contributed by atoms with Crippen LogP contribution in [0, 0.1) is 81.7 Å². The quantitative estimate of drug-likeness (QED) is 0.189. The van der Waals surface area contributed by atoms with Crippen molar-refractivity contribution < 1.29 is 54.5 Å². The van der Waals surface area contributed by atoms with E-state index in [4.69, 9.17) is 18.9 Å². The zero-order valence-corrected chi connectivity index (χ0v) is 32.3. The van der Waals surface area contributed by atoms with Gasteiger partial charge in [0, 0.05) is 62.0 Å². The molecule has 219 valence electrons. The molecule has 0 N–H and O–H groups in total. The maximum atomic E-state index is 4.82. The van der Waals surface area contributed by atoms with Gasteiger partial charge in [0.25, 0.3) is 0 Å². The zero-order valence-electron chi connectivity index (χ0n) is 25.6. The van der Waals surface area contributed by atoms with Crippen LogP contribution in [-0.4, -0.2) is 50.6 Å². The molecule has 1 radical (unpaired) electrons. The van der Waals surface area contributed by atoms with Gasteiger partial charge in [-0.15, -0.1) is 24.2 Å². The van der Waals surface area contributed by atoms with Crippen LogP contribution < -0.4 is 0 Å². The fraction of sp³-hybridized carbons (Fsp3) is 0.750. The second-order valence-electron chi connectivity index (χ2n) is 12.4. The fourth-order valence-corrected chi connectivity index (χ4v) is 1.67. The van der Waals surface area contributed by atoms with Gasteiger partial charge in [0.05, 0.1) is 0 Å². The van der Waals surface area contributed by atoms with Crippen LogP contribution in [0.15, 0.2) is 0 Å². The summed E-state index contributed by atoms with van der Waals surface area (Å²) in [5, 5.41) is 0. The van der Waals surface area contributed by atoms with E-state index in [9.17, 15) is 0 Å². The molecular formula is C28H61LaO4Si3-7. The first-order valence-corrected chi connectivity index (χ1v) is 24.4. The van der Waals surface area contributed by atoms with Gasteiger partial charge in [0.1, 0.15) is 0 Å². The second kappa shape index (κ2) is 29.7. The fourth-order valence-electron chi connectivity index (χ4n) is 1.67. The van der Waals surface area contributed by atoms with Crippen LogP contribution in [-0.2, 0) is 18.9 Å². The maximum Gasteiger partial charge on any atom is 0.00878 e. The summed E-state index contributed by atoms with van der Waals surface area (Å²) in [5.74, 6) is 0. The van der Waals surface area contributed by atoms with Crippen LogP contribution in [0.25, 0.3) is 0 Å². The number of hydrogen-bond donors (Lipinski definition) is 0. The molecule has 36 heavy (non-hydrogen) atoms. The topological polar surface area (TPSA) is 36.9 Å². The van der Waals surface area contributed by atoms with Gasteiger partial charge in [-0.05, 0) is 0 Å². The molecule has 4 fully saturated rings. The standard InChI is InChI=1S/4C4H7O.3C4H11Si.La/c4*1-2-4-5-3-1;3*1-5(2,3)4;/h4*3H,1-2,4H2;3*1H2,2-4H3;/q7*-1;. The van der Waals surface area contributed by atoms with E-state index in [1.165, 1.54) is 25.7 Å². The van der Waals surface area contributed by atoms with Gasteiger partial charge in [0.2, 0.25) is 0 Å². The van der Waals surface area contributed by atoms with Crippen LogP contribution >= 0.6 is 0 Å². The zero-order chi connectivity index (χ0) is 27.6. The van der Waals surface area contributed by atoms with Crippen molar-refractivity contribution in [1.29, 1.82) is 0 Å². The molecule has 4 aliphatic rings. The van der Waals surface area contributed by atoms with Crippen molar-refractivity contribution in [3.63, 3.8) is 0 Å². The van der Waals surface area contributed by atoms with Gasteiger partial charge in [-0.25, -0.2) is 26.4 Å². The summed E-state index contributed by atoms with van der Waals surface area (Å²) < 4.78 is 19.3. The van der Waals surface area contributed by atoms with Crippen LogP contribution in [0.1, 0.15) is 51.4 Å². The molecule has 4 rings (SSSR count). The SMILES string of the molecule is [CH-]1CCCO1.[CH-]1CCCO1.[CH-]1CCCO1.[CH-]1CCCO1.[CH2-][Si](C)(C)C.[CH2-][Si](C)(C)C.[CH2-][Si](C)(C)C.[La]. The van der Waals surface area contributed by atoms with Gasteiger partial charge in [0.15, 0.2) is 0 Å². The Balaban J connectivity index is -0.000000165. The summed E-state index contributed by atoms with van der Waals surface area (Å²) >= 11 is 0. The molecule has 0 unspecified atom stereocenters. The van der Waals surface area contributed by atoms with Crippen LogP contribution in [0.4, 0.5) is 0 Å². The molecule has 0 atom stereocenters. The Morgan fingerprint density at radius 3 is 0.583 bits per heavy atom. The normalized spacial score (nSPS) is 18.3. The van der Waals surface area contributed by atoms with Gasteiger partial charge < -0.3 is 38.6 Å². The summed E-state index contributed by atoms with van der Waals surface area (Å²) in [5.41, 5.74) is 0. The van der Waals surface area contributed by atoms with Crippen molar-refractivity contribution in [1.82, 2.24) is 0 Å². The number of hydrogen-bond acceptors (Lipinski definition) is 4. The van der Waals surface area contributed by atoms with Crippen molar-refractivity contribution in [2.24, 2.45) is 0 Å². The van der Waals surface area contributed by atoms with Crippen molar-refractivity contribution >= 4 is 24.2 Å². The van der Waals surface area contributed by atoms with E-state index in [0.29, 0.717) is 0 Å². The molecule has 4 aliphatic heterocycles. The second-order valence-corrected chi connectivity index (χ2v) is 27.8. The van der Waals surface area contributed by atoms with E-state index in [1.807, 2.05) is 26.4 Å². The van der Waals surface area contributed by atoms with E-state index in [-0.39, 0.29) is 35.6 Å². The van der Waals surface area contributed by atoms with Crippen molar-refractivity contribution in [3.05, 3.63) is 46.1 Å². The predicted molar refractivity (Wildman–Crippen MR) is 164 cm³/mol. The van der Waals surface area contributed by atoms with E-state index in [1.54, 1.807) is 0 Å². The first-order chi connectivity index (χ1) is 16.0. The van der Waals surface area contributed by atoms with Gasteiger partial charge in [-0.2, -0.15) is 25.7 Å². The van der Waals surface area contributed by atoms with Crippen molar-refractivity contribution in [2.75, 3.05) is 26.4 Å². The van der Waals surface area contributed by atoms with Crippen molar-refractivity contribution in [3.8, 4) is 0 Å². The molecule has 0 amide bonds. The molecule has 4 heterocycles. The number of rotatable bonds is 0. The molecule has 0 spiro atoms. The molecule has 0 saturated carbocycles. The summed E-state index contributed by atoms with van der Waals surface area (Å²) in [7, 11) is -2.58. The number of ether oxygens (including phenoxy) is 4. The smallest absolute Gasteiger partial charge is 0.00878 e. The third-order valence-electron chi connectivity index (χ3n) is 2.81. The van der Waals surface area contributed by atoms with E-state index >= 15 is 0 Å². The summed E-state index contributed by atoms with van der Waals surface area (Å²) in [4.78, 5) is 0. The molecular weight excluding hydrogens is 623 g/mol. The first kappa shape index (κ1) is 44.7. The summed E-state index contributed by atoms with van der Waals surface area (Å²) in [6, 6.07) is 0. The minimum atomic E-state index is -0.861. The van der Waals surface area contributed by atoms with Crippen LogP contribution in [0.2, 0.25) is 58.9 Å². The van der Waals surface area contributed by atoms with E-state index in [0.717, 1.165) is 52.1 Å². The van der Waals surface area contributed by atoms with E-state index < -0.39 is 24.2 Å². The largest absolute Gasteiger partial charge is 0.552 e. The summed E-state index contributed by atoms with van der Waals surface area (Å²) in [6.45, 7) is 42.9. The molecule has 0 aliphatic carbocycles. The van der Waals surface area contributed by atoms with Gasteiger partial charge in [-0.1, -0.05) is 84.6 Å². The molecule has 0 bridgehead atoms. The molecule has 4 saturated heterocycles. The third-order valence-corrected chi connectivity index (χ3v) is 2.81. The predicted octanol–water partition coefficient (Wildman–Crippen LogP) is 8.93. The Bertz CT molecular complexity index is 276. The molecule has 0 aromatic rings. The molecule has 0 aromatic heterocycles. The maximum absolute atomic E-state index is 4.82. The Morgan fingerprint density at radius 1 is 0.417 bits per heavy atom. The monoisotopic (exact) mass is 684 g/mol. The summed E-state index contributed by atoms with van der Waals surface area (Å²) in [6.07, 6.45) is 9.50. The minimum Gasteiger partial charge on any atom is -0.552 e. The van der Waals surface area contributed by atoms with Gasteiger partial charge in [-0.3, -0.25) is 0 Å². The third kappa shape index (κ3) is 91.3. The first-order valence-electron chi connectivity index (χ1n) is 13.3. The Kier molecular flexibility index (Phi) is 36.8. The van der Waals surface area contributed by atoms with Crippen molar-refractivity contribution in [2.45, 2.75) is 110 Å². The minimum absolute atomic E-state index is 0. The average molecular weight is 685 g/mol. The van der Waals surface area contributed by atoms with Crippen LogP contribution in [0.5, 0.6) is 0 Å². The average Bonchev–Trinajstić information content (AvgIpc) is 3.55. The molecule has 8 heteroatoms. The molecule has 4 nitrogen and oxygen atoms in total.